The maximum Gasteiger partial charge on any atom is 0.225 e. The molecule has 1 aliphatic heterocycles. The Morgan fingerprint density at radius 2 is 1.90 bits per heavy atom. The van der Waals surface area contributed by atoms with E-state index >= 15 is 0 Å². The van der Waals surface area contributed by atoms with Crippen LogP contribution in [0.15, 0.2) is 60.4 Å². The maximum atomic E-state index is 5.73. The number of anilines is 1. The van der Waals surface area contributed by atoms with Gasteiger partial charge in [-0.1, -0.05) is 30.9 Å². The maximum absolute atomic E-state index is 5.73. The molecule has 1 aromatic carbocycles. The Morgan fingerprint density at radius 1 is 1.13 bits per heavy atom. The summed E-state index contributed by atoms with van der Waals surface area (Å²) >= 11 is 0. The number of guanidine groups is 1. The van der Waals surface area contributed by atoms with E-state index in [4.69, 9.17) is 9.73 Å². The number of aromatic nitrogens is 2. The van der Waals surface area contributed by atoms with Gasteiger partial charge in [-0.2, -0.15) is 0 Å². The molecular formula is C23H33N7O. The molecule has 0 atom stereocenters. The van der Waals surface area contributed by atoms with Crippen LogP contribution in [0.2, 0.25) is 0 Å². The van der Waals surface area contributed by atoms with E-state index < -0.39 is 0 Å². The molecular weight excluding hydrogens is 390 g/mol. The van der Waals surface area contributed by atoms with Crippen LogP contribution in [0.5, 0.6) is 5.75 Å². The number of benzene rings is 1. The first-order chi connectivity index (χ1) is 15.3. The Morgan fingerprint density at radius 3 is 2.65 bits per heavy atom. The molecule has 166 valence electrons. The SMILES string of the molecule is C=CCOc1ccccc1CN=C(NCC)NCCN1CCN(c2ncccn2)CC1. The number of para-hydroxylation sites is 1. The molecule has 2 N–H and O–H groups in total. The predicted octanol–water partition coefficient (Wildman–Crippen LogP) is 1.92. The van der Waals surface area contributed by atoms with Gasteiger partial charge in [0.25, 0.3) is 0 Å². The fourth-order valence-corrected chi connectivity index (χ4v) is 3.39. The molecule has 1 fully saturated rings. The second-order valence-electron chi connectivity index (χ2n) is 7.21. The number of nitrogens with one attached hydrogen (secondary N) is 2. The van der Waals surface area contributed by atoms with E-state index in [1.54, 1.807) is 18.5 Å². The smallest absolute Gasteiger partial charge is 0.225 e. The van der Waals surface area contributed by atoms with Crippen LogP contribution in [0.3, 0.4) is 0 Å². The topological polar surface area (TPSA) is 77.9 Å². The third-order valence-corrected chi connectivity index (χ3v) is 5.01. The monoisotopic (exact) mass is 423 g/mol. The van der Waals surface area contributed by atoms with Crippen molar-refractivity contribution in [3.8, 4) is 5.75 Å². The van der Waals surface area contributed by atoms with E-state index in [-0.39, 0.29) is 0 Å². The van der Waals surface area contributed by atoms with E-state index in [0.717, 1.165) is 69.0 Å². The van der Waals surface area contributed by atoms with Crippen LogP contribution in [0.25, 0.3) is 0 Å². The zero-order valence-electron chi connectivity index (χ0n) is 18.3. The van der Waals surface area contributed by atoms with Gasteiger partial charge in [0, 0.05) is 63.8 Å². The molecule has 1 aliphatic rings. The van der Waals surface area contributed by atoms with Crippen LogP contribution in [0.4, 0.5) is 5.95 Å². The summed E-state index contributed by atoms with van der Waals surface area (Å²) in [6, 6.07) is 9.84. The average molecular weight is 424 g/mol. The lowest BCUT2D eigenvalue weighted by molar-refractivity contribution is 0.260. The zero-order chi connectivity index (χ0) is 21.7. The number of aliphatic imine (C=N–C) groups is 1. The Balaban J connectivity index is 1.45. The van der Waals surface area contributed by atoms with Gasteiger partial charge in [0.05, 0.1) is 6.54 Å². The molecule has 0 saturated carbocycles. The zero-order valence-corrected chi connectivity index (χ0v) is 18.3. The number of rotatable bonds is 10. The number of hydrogen-bond donors (Lipinski definition) is 2. The van der Waals surface area contributed by atoms with Gasteiger partial charge in [-0.15, -0.1) is 0 Å². The molecule has 0 spiro atoms. The number of ether oxygens (including phenoxy) is 1. The van der Waals surface area contributed by atoms with E-state index in [1.807, 2.05) is 30.3 Å². The minimum atomic E-state index is 0.489. The van der Waals surface area contributed by atoms with Gasteiger partial charge in [-0.25, -0.2) is 15.0 Å². The van der Waals surface area contributed by atoms with Crippen molar-refractivity contribution >= 4 is 11.9 Å². The molecule has 1 aromatic heterocycles. The first kappa shape index (κ1) is 22.6. The summed E-state index contributed by atoms with van der Waals surface area (Å²) in [6.45, 7) is 13.3. The van der Waals surface area contributed by atoms with E-state index in [0.29, 0.717) is 13.2 Å². The normalized spacial score (nSPS) is 14.9. The molecule has 1 saturated heterocycles. The molecule has 3 rings (SSSR count). The largest absolute Gasteiger partial charge is 0.489 e. The standard InChI is InChI=1S/C23H33N7O/c1-3-18-31-21-9-6-5-8-20(21)19-28-22(24-4-2)25-12-13-29-14-16-30(17-15-29)23-26-10-7-11-27-23/h3,5-11H,1,4,12-19H2,2H3,(H2,24,25,28). The highest BCUT2D eigenvalue weighted by Crippen LogP contribution is 2.18. The fourth-order valence-electron chi connectivity index (χ4n) is 3.39. The van der Waals surface area contributed by atoms with Crippen LogP contribution < -0.4 is 20.3 Å². The summed E-state index contributed by atoms with van der Waals surface area (Å²) in [7, 11) is 0. The first-order valence-corrected chi connectivity index (χ1v) is 10.9. The summed E-state index contributed by atoms with van der Waals surface area (Å²) in [5.41, 5.74) is 1.06. The van der Waals surface area contributed by atoms with Crippen LogP contribution in [-0.2, 0) is 6.54 Å². The lowest BCUT2D eigenvalue weighted by Crippen LogP contribution is -2.49. The Labute approximate surface area is 185 Å². The summed E-state index contributed by atoms with van der Waals surface area (Å²) < 4.78 is 5.73. The Kier molecular flexibility index (Phi) is 9.12. The quantitative estimate of drug-likeness (QED) is 0.343. The lowest BCUT2D eigenvalue weighted by atomic mass is 10.2. The molecule has 0 unspecified atom stereocenters. The van der Waals surface area contributed by atoms with Crippen molar-refractivity contribution in [2.24, 2.45) is 4.99 Å². The van der Waals surface area contributed by atoms with E-state index in [1.165, 1.54) is 0 Å². The molecule has 0 aliphatic carbocycles. The van der Waals surface area contributed by atoms with Crippen molar-refractivity contribution in [2.45, 2.75) is 13.5 Å². The van der Waals surface area contributed by atoms with Crippen LogP contribution in [0.1, 0.15) is 12.5 Å². The number of nitrogens with zero attached hydrogens (tertiary/aromatic N) is 5. The summed E-state index contributed by atoms with van der Waals surface area (Å²) in [6.07, 6.45) is 5.34. The van der Waals surface area contributed by atoms with Gasteiger partial charge in [0.15, 0.2) is 5.96 Å². The average Bonchev–Trinajstić information content (AvgIpc) is 2.82. The third-order valence-electron chi connectivity index (χ3n) is 5.01. The fraction of sp³-hybridized carbons (Fsp3) is 0.435. The highest BCUT2D eigenvalue weighted by atomic mass is 16.5. The van der Waals surface area contributed by atoms with E-state index in [9.17, 15) is 0 Å². The third kappa shape index (κ3) is 7.25. The molecule has 8 heteroatoms. The summed E-state index contributed by atoms with van der Waals surface area (Å²) in [5.74, 6) is 2.49. The minimum absolute atomic E-state index is 0.489. The highest BCUT2D eigenvalue weighted by Gasteiger charge is 2.18. The molecule has 2 heterocycles. The molecule has 2 aromatic rings. The second-order valence-corrected chi connectivity index (χ2v) is 7.21. The van der Waals surface area contributed by atoms with Gasteiger partial charge in [0.1, 0.15) is 12.4 Å². The Hall–Kier alpha value is -3.13. The first-order valence-electron chi connectivity index (χ1n) is 10.9. The lowest BCUT2D eigenvalue weighted by Gasteiger charge is -2.34. The van der Waals surface area contributed by atoms with Crippen LogP contribution >= 0.6 is 0 Å². The molecule has 0 bridgehead atoms. The summed E-state index contributed by atoms with van der Waals surface area (Å²) in [4.78, 5) is 18.1. The van der Waals surface area contributed by atoms with Crippen molar-refractivity contribution in [3.05, 3.63) is 60.9 Å². The Bertz CT molecular complexity index is 820. The predicted molar refractivity (Wildman–Crippen MR) is 126 cm³/mol. The van der Waals surface area contributed by atoms with Crippen LogP contribution in [-0.4, -0.2) is 73.2 Å². The minimum Gasteiger partial charge on any atom is -0.489 e. The van der Waals surface area contributed by atoms with Crippen LogP contribution in [0, 0.1) is 0 Å². The van der Waals surface area contributed by atoms with Crippen molar-refractivity contribution in [1.29, 1.82) is 0 Å². The van der Waals surface area contributed by atoms with Gasteiger partial charge < -0.3 is 20.3 Å². The van der Waals surface area contributed by atoms with Crippen molar-refractivity contribution in [1.82, 2.24) is 25.5 Å². The van der Waals surface area contributed by atoms with Crippen molar-refractivity contribution in [2.75, 3.05) is 57.3 Å². The summed E-state index contributed by atoms with van der Waals surface area (Å²) in [5, 5.41) is 6.77. The van der Waals surface area contributed by atoms with Gasteiger partial charge in [-0.05, 0) is 19.1 Å². The molecule has 0 radical (unpaired) electrons. The molecule has 8 nitrogen and oxygen atoms in total. The van der Waals surface area contributed by atoms with Crippen molar-refractivity contribution in [3.63, 3.8) is 0 Å². The number of hydrogen-bond acceptors (Lipinski definition) is 6. The van der Waals surface area contributed by atoms with Gasteiger partial charge in [0.2, 0.25) is 5.95 Å². The molecule has 0 amide bonds. The van der Waals surface area contributed by atoms with Crippen molar-refractivity contribution < 1.29 is 4.74 Å². The number of piperazine rings is 1. The molecule has 31 heavy (non-hydrogen) atoms. The second kappa shape index (κ2) is 12.5. The van der Waals surface area contributed by atoms with Gasteiger partial charge in [-0.3, -0.25) is 4.90 Å². The van der Waals surface area contributed by atoms with Gasteiger partial charge >= 0.3 is 0 Å². The highest BCUT2D eigenvalue weighted by molar-refractivity contribution is 5.79. The van der Waals surface area contributed by atoms with E-state index in [2.05, 4.69) is 43.9 Å².